The molecule has 0 aliphatic rings. The van der Waals surface area contributed by atoms with E-state index in [0.29, 0.717) is 29.8 Å². The second kappa shape index (κ2) is 6.50. The van der Waals surface area contributed by atoms with E-state index in [1.54, 1.807) is 18.2 Å². The number of benzene rings is 1. The number of aryl methyl sites for hydroxylation is 1. The van der Waals surface area contributed by atoms with Crippen molar-refractivity contribution in [2.24, 2.45) is 17.6 Å². The van der Waals surface area contributed by atoms with Crippen LogP contribution in [0.3, 0.4) is 0 Å². The molecule has 0 saturated heterocycles. The zero-order valence-corrected chi connectivity index (χ0v) is 12.9. The van der Waals surface area contributed by atoms with E-state index in [4.69, 9.17) is 5.73 Å². The van der Waals surface area contributed by atoms with Gasteiger partial charge in [-0.15, -0.1) is 0 Å². The number of sulfonamides is 1. The first-order chi connectivity index (χ1) is 8.77. The van der Waals surface area contributed by atoms with Crippen LogP contribution in [0.4, 0.5) is 0 Å². The monoisotopic (exact) mass is 284 g/mol. The summed E-state index contributed by atoms with van der Waals surface area (Å²) in [6, 6.07) is 5.05. The first kappa shape index (κ1) is 16.1. The van der Waals surface area contributed by atoms with Crippen LogP contribution in [0.1, 0.15) is 31.9 Å². The Hall–Kier alpha value is -0.910. The second-order valence-corrected chi connectivity index (χ2v) is 7.13. The molecule has 1 unspecified atom stereocenters. The van der Waals surface area contributed by atoms with E-state index in [1.165, 1.54) is 0 Å². The third kappa shape index (κ3) is 4.30. The van der Waals surface area contributed by atoms with Crippen LogP contribution in [0.15, 0.2) is 23.1 Å². The lowest BCUT2D eigenvalue weighted by molar-refractivity contribution is 0.414. The molecule has 1 aromatic carbocycles. The molecule has 19 heavy (non-hydrogen) atoms. The molecular formula is C14H24N2O2S. The van der Waals surface area contributed by atoms with E-state index in [0.717, 1.165) is 11.1 Å². The van der Waals surface area contributed by atoms with Gasteiger partial charge in [0.2, 0.25) is 10.0 Å². The molecular weight excluding hydrogens is 260 g/mol. The molecule has 0 amide bonds. The minimum absolute atomic E-state index is 0.304. The second-order valence-electron chi connectivity index (χ2n) is 5.37. The quantitative estimate of drug-likeness (QED) is 0.839. The average Bonchev–Trinajstić information content (AvgIpc) is 2.35. The van der Waals surface area contributed by atoms with Crippen molar-refractivity contribution in [1.82, 2.24) is 4.72 Å². The number of nitrogens with one attached hydrogen (secondary N) is 1. The number of hydrogen-bond donors (Lipinski definition) is 2. The number of rotatable bonds is 6. The Morgan fingerprint density at radius 2 is 1.89 bits per heavy atom. The Balaban J connectivity index is 2.86. The van der Waals surface area contributed by atoms with E-state index in [1.807, 2.05) is 13.8 Å². The summed E-state index contributed by atoms with van der Waals surface area (Å²) in [5.41, 5.74) is 7.45. The van der Waals surface area contributed by atoms with Crippen LogP contribution in [0, 0.1) is 18.8 Å². The van der Waals surface area contributed by atoms with E-state index in [9.17, 15) is 8.42 Å². The maximum Gasteiger partial charge on any atom is 0.240 e. The van der Waals surface area contributed by atoms with Crippen molar-refractivity contribution in [3.8, 4) is 0 Å². The Labute approximate surface area is 116 Å². The molecule has 5 heteroatoms. The summed E-state index contributed by atoms with van der Waals surface area (Å²) in [6.07, 6.45) is 0. The summed E-state index contributed by atoms with van der Waals surface area (Å²) in [5.74, 6) is 0.753. The average molecular weight is 284 g/mol. The standard InChI is InChI=1S/C14H24N2O2S/c1-10(2)12(4)9-16-19(17,18)14-6-5-13(8-15)11(3)7-14/h5-7,10,12,16H,8-9,15H2,1-4H3. The fraction of sp³-hybridized carbons (Fsp3) is 0.571. The van der Waals surface area contributed by atoms with Gasteiger partial charge >= 0.3 is 0 Å². The zero-order chi connectivity index (χ0) is 14.6. The Morgan fingerprint density at radius 3 is 2.37 bits per heavy atom. The molecule has 0 radical (unpaired) electrons. The van der Waals surface area contributed by atoms with Crippen molar-refractivity contribution in [3.05, 3.63) is 29.3 Å². The van der Waals surface area contributed by atoms with Crippen molar-refractivity contribution in [3.63, 3.8) is 0 Å². The summed E-state index contributed by atoms with van der Waals surface area (Å²) in [6.45, 7) is 8.95. The highest BCUT2D eigenvalue weighted by Gasteiger charge is 2.17. The highest BCUT2D eigenvalue weighted by atomic mass is 32.2. The van der Waals surface area contributed by atoms with Gasteiger partial charge in [0.15, 0.2) is 0 Å². The maximum absolute atomic E-state index is 12.2. The van der Waals surface area contributed by atoms with Crippen LogP contribution < -0.4 is 10.5 Å². The molecule has 0 bridgehead atoms. The lowest BCUT2D eigenvalue weighted by Gasteiger charge is -2.16. The van der Waals surface area contributed by atoms with Crippen LogP contribution in [-0.4, -0.2) is 15.0 Å². The molecule has 3 N–H and O–H groups in total. The molecule has 1 aromatic rings. The van der Waals surface area contributed by atoms with Gasteiger partial charge in [0.1, 0.15) is 0 Å². The minimum Gasteiger partial charge on any atom is -0.326 e. The van der Waals surface area contributed by atoms with Crippen molar-refractivity contribution in [2.45, 2.75) is 39.1 Å². The van der Waals surface area contributed by atoms with Crippen molar-refractivity contribution >= 4 is 10.0 Å². The lowest BCUT2D eigenvalue weighted by Crippen LogP contribution is -2.30. The van der Waals surface area contributed by atoms with Crippen LogP contribution in [0.2, 0.25) is 0 Å². The molecule has 1 atom stereocenters. The van der Waals surface area contributed by atoms with Gasteiger partial charge in [0.05, 0.1) is 4.90 Å². The molecule has 0 fully saturated rings. The van der Waals surface area contributed by atoms with Gasteiger partial charge in [-0.25, -0.2) is 13.1 Å². The molecule has 0 saturated carbocycles. The summed E-state index contributed by atoms with van der Waals surface area (Å²) in [5, 5.41) is 0. The first-order valence-electron chi connectivity index (χ1n) is 6.57. The van der Waals surface area contributed by atoms with Gasteiger partial charge in [0.25, 0.3) is 0 Å². The van der Waals surface area contributed by atoms with Gasteiger partial charge < -0.3 is 5.73 Å². The predicted molar refractivity (Wildman–Crippen MR) is 78.3 cm³/mol. The van der Waals surface area contributed by atoms with Crippen molar-refractivity contribution in [2.75, 3.05) is 6.54 Å². The molecule has 0 aromatic heterocycles. The number of hydrogen-bond acceptors (Lipinski definition) is 3. The Kier molecular flexibility index (Phi) is 5.52. The van der Waals surface area contributed by atoms with Gasteiger partial charge in [-0.05, 0) is 42.0 Å². The topological polar surface area (TPSA) is 72.2 Å². The Bertz CT molecular complexity index is 524. The van der Waals surface area contributed by atoms with E-state index < -0.39 is 10.0 Å². The van der Waals surface area contributed by atoms with Gasteiger partial charge in [-0.3, -0.25) is 0 Å². The molecule has 4 nitrogen and oxygen atoms in total. The molecule has 0 aliphatic heterocycles. The van der Waals surface area contributed by atoms with Crippen LogP contribution in [0.5, 0.6) is 0 Å². The SMILES string of the molecule is Cc1cc(S(=O)(=O)NCC(C)C(C)C)ccc1CN. The Morgan fingerprint density at radius 1 is 1.26 bits per heavy atom. The third-order valence-electron chi connectivity index (χ3n) is 3.58. The molecule has 0 spiro atoms. The van der Waals surface area contributed by atoms with Crippen LogP contribution >= 0.6 is 0 Å². The largest absolute Gasteiger partial charge is 0.326 e. The van der Waals surface area contributed by atoms with Crippen molar-refractivity contribution in [1.29, 1.82) is 0 Å². The van der Waals surface area contributed by atoms with E-state index in [-0.39, 0.29) is 0 Å². The maximum atomic E-state index is 12.2. The molecule has 1 rings (SSSR count). The van der Waals surface area contributed by atoms with Gasteiger partial charge in [0, 0.05) is 13.1 Å². The predicted octanol–water partition coefficient (Wildman–Crippen LogP) is 2.02. The highest BCUT2D eigenvalue weighted by Crippen LogP contribution is 2.16. The van der Waals surface area contributed by atoms with Crippen LogP contribution in [0.25, 0.3) is 0 Å². The molecule has 0 heterocycles. The van der Waals surface area contributed by atoms with Crippen LogP contribution in [-0.2, 0) is 16.6 Å². The van der Waals surface area contributed by atoms with Gasteiger partial charge in [-0.2, -0.15) is 0 Å². The zero-order valence-electron chi connectivity index (χ0n) is 12.1. The summed E-state index contributed by atoms with van der Waals surface area (Å²) < 4.78 is 27.0. The summed E-state index contributed by atoms with van der Waals surface area (Å²) >= 11 is 0. The number of nitrogens with two attached hydrogens (primary N) is 1. The normalized spacial score (nSPS) is 13.8. The third-order valence-corrected chi connectivity index (χ3v) is 5.00. The van der Waals surface area contributed by atoms with E-state index >= 15 is 0 Å². The van der Waals surface area contributed by atoms with Gasteiger partial charge in [-0.1, -0.05) is 26.8 Å². The minimum atomic E-state index is -3.43. The fourth-order valence-electron chi connectivity index (χ4n) is 1.62. The van der Waals surface area contributed by atoms with Crippen molar-refractivity contribution < 1.29 is 8.42 Å². The summed E-state index contributed by atoms with van der Waals surface area (Å²) in [4.78, 5) is 0.304. The lowest BCUT2D eigenvalue weighted by atomic mass is 9.99. The first-order valence-corrected chi connectivity index (χ1v) is 8.05. The summed E-state index contributed by atoms with van der Waals surface area (Å²) in [7, 11) is -3.43. The molecule has 0 aliphatic carbocycles. The molecule has 108 valence electrons. The smallest absolute Gasteiger partial charge is 0.240 e. The highest BCUT2D eigenvalue weighted by molar-refractivity contribution is 7.89. The van der Waals surface area contributed by atoms with E-state index in [2.05, 4.69) is 18.6 Å². The fourth-order valence-corrected chi connectivity index (χ4v) is 2.85.